The second-order valence-corrected chi connectivity index (χ2v) is 6.25. The summed E-state index contributed by atoms with van der Waals surface area (Å²) in [6.45, 7) is 4.91. The van der Waals surface area contributed by atoms with Gasteiger partial charge in [-0.05, 0) is 38.4 Å². The predicted molar refractivity (Wildman–Crippen MR) is 78.7 cm³/mol. The smallest absolute Gasteiger partial charge is 0.242 e. The molecule has 1 aromatic rings. The molecule has 0 saturated carbocycles. The van der Waals surface area contributed by atoms with E-state index in [0.717, 1.165) is 12.8 Å². The van der Waals surface area contributed by atoms with E-state index in [9.17, 15) is 8.42 Å². The fraction of sp³-hybridized carbons (Fsp3) is 0.538. The largest absolute Gasteiger partial charge is 0.381 e. The standard InChI is InChI=1S/C13H23N3O2S/c1-3-10-15-19(17,18)13-7-5-4-6-12(13)16-11(2)8-9-14/h4-7,11,15-16H,3,8-10,14H2,1-2H3. The molecule has 0 aliphatic rings. The molecule has 0 amide bonds. The highest BCUT2D eigenvalue weighted by Gasteiger charge is 2.18. The minimum Gasteiger partial charge on any atom is -0.381 e. The van der Waals surface area contributed by atoms with E-state index in [1.165, 1.54) is 0 Å². The summed E-state index contributed by atoms with van der Waals surface area (Å²) in [6, 6.07) is 7.05. The molecule has 1 unspecified atom stereocenters. The van der Waals surface area contributed by atoms with Crippen LogP contribution in [0.25, 0.3) is 0 Å². The van der Waals surface area contributed by atoms with Crippen molar-refractivity contribution in [1.82, 2.24) is 4.72 Å². The van der Waals surface area contributed by atoms with Gasteiger partial charge < -0.3 is 11.1 Å². The Kier molecular flexibility index (Phi) is 6.27. The lowest BCUT2D eigenvalue weighted by atomic mass is 10.2. The van der Waals surface area contributed by atoms with E-state index in [2.05, 4.69) is 10.0 Å². The summed E-state index contributed by atoms with van der Waals surface area (Å²) in [7, 11) is -3.46. The Morgan fingerprint density at radius 2 is 2.00 bits per heavy atom. The van der Waals surface area contributed by atoms with E-state index >= 15 is 0 Å². The Balaban J connectivity index is 2.95. The van der Waals surface area contributed by atoms with Crippen LogP contribution in [0.4, 0.5) is 5.69 Å². The molecule has 0 aliphatic carbocycles. The number of benzene rings is 1. The molecule has 1 aromatic carbocycles. The molecule has 0 bridgehead atoms. The molecular weight excluding hydrogens is 262 g/mol. The lowest BCUT2D eigenvalue weighted by molar-refractivity contribution is 0.581. The van der Waals surface area contributed by atoms with Crippen LogP contribution in [0.5, 0.6) is 0 Å². The maximum absolute atomic E-state index is 12.2. The van der Waals surface area contributed by atoms with Crippen molar-refractivity contribution in [3.8, 4) is 0 Å². The van der Waals surface area contributed by atoms with Crippen LogP contribution in [0.3, 0.4) is 0 Å². The minimum atomic E-state index is -3.46. The summed E-state index contributed by atoms with van der Waals surface area (Å²) in [4.78, 5) is 0.285. The topological polar surface area (TPSA) is 84.2 Å². The summed E-state index contributed by atoms with van der Waals surface area (Å²) < 4.78 is 26.9. The van der Waals surface area contributed by atoms with Crippen LogP contribution >= 0.6 is 0 Å². The zero-order chi connectivity index (χ0) is 14.3. The van der Waals surface area contributed by atoms with Gasteiger partial charge in [0, 0.05) is 12.6 Å². The van der Waals surface area contributed by atoms with Crippen LogP contribution in [-0.4, -0.2) is 27.5 Å². The summed E-state index contributed by atoms with van der Waals surface area (Å²) >= 11 is 0. The summed E-state index contributed by atoms with van der Waals surface area (Å²) in [6.07, 6.45) is 1.55. The van der Waals surface area contributed by atoms with Gasteiger partial charge in [0.2, 0.25) is 10.0 Å². The van der Waals surface area contributed by atoms with Crippen molar-refractivity contribution < 1.29 is 8.42 Å². The number of sulfonamides is 1. The second-order valence-electron chi connectivity index (χ2n) is 4.52. The van der Waals surface area contributed by atoms with Gasteiger partial charge >= 0.3 is 0 Å². The fourth-order valence-corrected chi connectivity index (χ4v) is 3.02. The monoisotopic (exact) mass is 285 g/mol. The highest BCUT2D eigenvalue weighted by atomic mass is 32.2. The highest BCUT2D eigenvalue weighted by molar-refractivity contribution is 7.89. The van der Waals surface area contributed by atoms with E-state index in [-0.39, 0.29) is 10.9 Å². The first-order chi connectivity index (χ1) is 9.01. The molecule has 0 aromatic heterocycles. The van der Waals surface area contributed by atoms with Crippen molar-refractivity contribution in [3.63, 3.8) is 0 Å². The number of nitrogens with two attached hydrogens (primary N) is 1. The van der Waals surface area contributed by atoms with E-state index in [0.29, 0.717) is 18.8 Å². The van der Waals surface area contributed by atoms with Gasteiger partial charge in [-0.25, -0.2) is 13.1 Å². The van der Waals surface area contributed by atoms with E-state index in [1.807, 2.05) is 19.9 Å². The molecule has 0 spiro atoms. The molecular formula is C13H23N3O2S. The molecule has 0 radical (unpaired) electrons. The van der Waals surface area contributed by atoms with Crippen molar-refractivity contribution in [2.75, 3.05) is 18.4 Å². The third kappa shape index (κ3) is 4.81. The molecule has 0 saturated heterocycles. The first-order valence-corrected chi connectivity index (χ1v) is 8.05. The van der Waals surface area contributed by atoms with Gasteiger partial charge in [-0.3, -0.25) is 0 Å². The van der Waals surface area contributed by atoms with Gasteiger partial charge in [-0.2, -0.15) is 0 Å². The van der Waals surface area contributed by atoms with Crippen LogP contribution in [0.2, 0.25) is 0 Å². The molecule has 1 rings (SSSR count). The molecule has 19 heavy (non-hydrogen) atoms. The number of rotatable bonds is 8. The van der Waals surface area contributed by atoms with Crippen molar-refractivity contribution in [3.05, 3.63) is 24.3 Å². The molecule has 0 aliphatic heterocycles. The van der Waals surface area contributed by atoms with Crippen molar-refractivity contribution in [1.29, 1.82) is 0 Å². The molecule has 108 valence electrons. The lowest BCUT2D eigenvalue weighted by Gasteiger charge is -2.17. The van der Waals surface area contributed by atoms with Gasteiger partial charge in [-0.15, -0.1) is 0 Å². The van der Waals surface area contributed by atoms with Crippen LogP contribution in [-0.2, 0) is 10.0 Å². The third-order valence-corrected chi connectivity index (χ3v) is 4.24. The first-order valence-electron chi connectivity index (χ1n) is 6.56. The second kappa shape index (κ2) is 7.47. The van der Waals surface area contributed by atoms with E-state index in [1.54, 1.807) is 18.2 Å². The molecule has 4 N–H and O–H groups in total. The minimum absolute atomic E-state index is 0.132. The van der Waals surface area contributed by atoms with Gasteiger partial charge in [0.05, 0.1) is 5.69 Å². The Morgan fingerprint density at radius 3 is 2.63 bits per heavy atom. The molecule has 5 nitrogen and oxygen atoms in total. The number of anilines is 1. The molecule has 0 fully saturated rings. The van der Waals surface area contributed by atoms with Gasteiger partial charge in [0.25, 0.3) is 0 Å². The van der Waals surface area contributed by atoms with Crippen molar-refractivity contribution in [2.45, 2.75) is 37.6 Å². The van der Waals surface area contributed by atoms with Crippen molar-refractivity contribution >= 4 is 15.7 Å². The SMILES string of the molecule is CCCNS(=O)(=O)c1ccccc1NC(C)CCN. The fourth-order valence-electron chi connectivity index (χ4n) is 1.72. The van der Waals surface area contributed by atoms with Crippen molar-refractivity contribution in [2.24, 2.45) is 5.73 Å². The summed E-state index contributed by atoms with van der Waals surface area (Å²) in [5, 5.41) is 3.19. The Morgan fingerprint density at radius 1 is 1.32 bits per heavy atom. The molecule has 0 heterocycles. The van der Waals surface area contributed by atoms with Crippen LogP contribution < -0.4 is 15.8 Å². The average Bonchev–Trinajstić information content (AvgIpc) is 2.37. The van der Waals surface area contributed by atoms with Gasteiger partial charge in [0.15, 0.2) is 0 Å². The Bertz CT molecular complexity index is 488. The quantitative estimate of drug-likeness (QED) is 0.676. The zero-order valence-electron chi connectivity index (χ0n) is 11.5. The number of hydrogen-bond acceptors (Lipinski definition) is 4. The summed E-state index contributed by atoms with van der Waals surface area (Å²) in [5.74, 6) is 0. The third-order valence-electron chi connectivity index (χ3n) is 2.72. The zero-order valence-corrected chi connectivity index (χ0v) is 12.3. The van der Waals surface area contributed by atoms with Gasteiger partial charge in [0.1, 0.15) is 4.90 Å². The number of para-hydroxylation sites is 1. The number of nitrogens with one attached hydrogen (secondary N) is 2. The average molecular weight is 285 g/mol. The van der Waals surface area contributed by atoms with Crippen LogP contribution in [0.1, 0.15) is 26.7 Å². The Hall–Kier alpha value is -1.11. The van der Waals surface area contributed by atoms with Crippen LogP contribution in [0, 0.1) is 0 Å². The first kappa shape index (κ1) is 15.9. The van der Waals surface area contributed by atoms with Gasteiger partial charge in [-0.1, -0.05) is 19.1 Å². The normalized spacial score (nSPS) is 13.2. The van der Waals surface area contributed by atoms with E-state index < -0.39 is 10.0 Å². The van der Waals surface area contributed by atoms with Crippen LogP contribution in [0.15, 0.2) is 29.2 Å². The maximum Gasteiger partial charge on any atom is 0.242 e. The molecule has 1 atom stereocenters. The lowest BCUT2D eigenvalue weighted by Crippen LogP contribution is -2.27. The summed E-state index contributed by atoms with van der Waals surface area (Å²) in [5.41, 5.74) is 6.12. The number of hydrogen-bond donors (Lipinski definition) is 3. The highest BCUT2D eigenvalue weighted by Crippen LogP contribution is 2.21. The Labute approximate surface area is 115 Å². The molecule has 6 heteroatoms. The predicted octanol–water partition coefficient (Wildman–Crippen LogP) is 1.52. The van der Waals surface area contributed by atoms with E-state index in [4.69, 9.17) is 5.73 Å². The maximum atomic E-state index is 12.2.